The Labute approximate surface area is 144 Å². The topological polar surface area (TPSA) is 32.5 Å². The van der Waals surface area contributed by atoms with Gasteiger partial charge in [-0.15, -0.1) is 0 Å². The number of hydrogen-bond donors (Lipinski definition) is 1. The molecular formula is C16H23Br2N3. The normalized spacial score (nSPS) is 28.6. The molecule has 0 spiro atoms. The molecule has 116 valence electrons. The van der Waals surface area contributed by atoms with E-state index < -0.39 is 0 Å². The average Bonchev–Trinajstić information content (AvgIpc) is 2.90. The molecule has 1 aromatic rings. The van der Waals surface area contributed by atoms with Crippen LogP contribution in [0.1, 0.15) is 31.4 Å². The molecule has 3 unspecified atom stereocenters. The van der Waals surface area contributed by atoms with Gasteiger partial charge in [-0.05, 0) is 75.9 Å². The van der Waals surface area contributed by atoms with Crippen LogP contribution in [0.25, 0.3) is 0 Å². The van der Waals surface area contributed by atoms with Crippen LogP contribution in [0.5, 0.6) is 0 Å². The molecule has 2 aliphatic heterocycles. The van der Waals surface area contributed by atoms with Crippen molar-refractivity contribution in [1.82, 2.24) is 9.80 Å². The van der Waals surface area contributed by atoms with Gasteiger partial charge in [0.1, 0.15) is 0 Å². The molecular weight excluding hydrogens is 394 g/mol. The first-order valence-corrected chi connectivity index (χ1v) is 9.33. The number of nitrogens with two attached hydrogens (primary N) is 1. The fraction of sp³-hybridized carbons (Fsp3) is 0.625. The van der Waals surface area contributed by atoms with Crippen molar-refractivity contribution in [3.63, 3.8) is 0 Å². The maximum atomic E-state index is 6.14. The van der Waals surface area contributed by atoms with Crippen LogP contribution in [-0.2, 0) is 0 Å². The van der Waals surface area contributed by atoms with Gasteiger partial charge < -0.3 is 5.73 Å². The lowest BCUT2D eigenvalue weighted by atomic mass is 9.99. The number of halogens is 2. The molecule has 2 saturated heterocycles. The summed E-state index contributed by atoms with van der Waals surface area (Å²) >= 11 is 7.16. The lowest BCUT2D eigenvalue weighted by Crippen LogP contribution is -2.56. The lowest BCUT2D eigenvalue weighted by molar-refractivity contribution is 0.0296. The van der Waals surface area contributed by atoms with Gasteiger partial charge in [-0.3, -0.25) is 9.80 Å². The Morgan fingerprint density at radius 2 is 2.10 bits per heavy atom. The van der Waals surface area contributed by atoms with Crippen LogP contribution in [0.3, 0.4) is 0 Å². The van der Waals surface area contributed by atoms with Gasteiger partial charge in [0.05, 0.1) is 0 Å². The van der Waals surface area contributed by atoms with Crippen molar-refractivity contribution in [2.75, 3.05) is 26.2 Å². The van der Waals surface area contributed by atoms with Crippen LogP contribution in [0.15, 0.2) is 27.1 Å². The van der Waals surface area contributed by atoms with Gasteiger partial charge in [-0.25, -0.2) is 0 Å². The van der Waals surface area contributed by atoms with E-state index in [1.807, 2.05) is 0 Å². The van der Waals surface area contributed by atoms with Crippen molar-refractivity contribution in [1.29, 1.82) is 0 Å². The van der Waals surface area contributed by atoms with Crippen molar-refractivity contribution >= 4 is 31.9 Å². The first-order chi connectivity index (χ1) is 10.1. The molecule has 2 N–H and O–H groups in total. The highest BCUT2D eigenvalue weighted by molar-refractivity contribution is 9.13. The van der Waals surface area contributed by atoms with Crippen LogP contribution in [0.2, 0.25) is 0 Å². The molecule has 3 rings (SSSR count). The minimum absolute atomic E-state index is 0.312. The highest BCUT2D eigenvalue weighted by Gasteiger charge is 2.37. The Balaban J connectivity index is 1.83. The zero-order valence-electron chi connectivity index (χ0n) is 12.4. The molecule has 0 amide bonds. The zero-order valence-corrected chi connectivity index (χ0v) is 15.6. The molecule has 0 saturated carbocycles. The predicted octanol–water partition coefficient (Wildman–Crippen LogP) is 3.38. The van der Waals surface area contributed by atoms with E-state index in [9.17, 15) is 0 Å². The Bertz CT molecular complexity index is 508. The fourth-order valence-electron chi connectivity index (χ4n) is 3.83. The quantitative estimate of drug-likeness (QED) is 0.819. The molecule has 0 radical (unpaired) electrons. The largest absolute Gasteiger partial charge is 0.329 e. The summed E-state index contributed by atoms with van der Waals surface area (Å²) in [6, 6.07) is 8.12. The summed E-state index contributed by atoms with van der Waals surface area (Å²) in [5, 5.41) is 0. The van der Waals surface area contributed by atoms with E-state index in [-0.39, 0.29) is 0 Å². The Kier molecular flexibility index (Phi) is 5.06. The summed E-state index contributed by atoms with van der Waals surface area (Å²) in [4.78, 5) is 5.27. The third kappa shape index (κ3) is 3.22. The molecule has 3 atom stereocenters. The summed E-state index contributed by atoms with van der Waals surface area (Å²) < 4.78 is 2.20. The summed E-state index contributed by atoms with van der Waals surface area (Å²) in [6.45, 7) is 6.62. The highest BCUT2D eigenvalue weighted by Crippen LogP contribution is 2.33. The molecule has 2 heterocycles. The van der Waals surface area contributed by atoms with Gasteiger partial charge in [-0.1, -0.05) is 6.07 Å². The van der Waals surface area contributed by atoms with E-state index in [4.69, 9.17) is 5.73 Å². The van der Waals surface area contributed by atoms with Gasteiger partial charge in [-0.2, -0.15) is 0 Å². The molecule has 3 nitrogen and oxygen atoms in total. The second kappa shape index (κ2) is 6.67. The van der Waals surface area contributed by atoms with Gasteiger partial charge in [0, 0.05) is 46.7 Å². The van der Waals surface area contributed by atoms with Crippen molar-refractivity contribution in [2.24, 2.45) is 5.73 Å². The standard InChI is InChI=1S/C16H23Br2N3/c1-11-9-20-6-2-3-13(20)10-21(11)16(8-19)12-4-5-14(17)15(18)7-12/h4-5,7,11,13,16H,2-3,6,8-10,19H2,1H3. The van der Waals surface area contributed by atoms with Gasteiger partial charge in [0.2, 0.25) is 0 Å². The number of piperazine rings is 1. The first kappa shape index (κ1) is 15.9. The number of hydrogen-bond acceptors (Lipinski definition) is 3. The Morgan fingerprint density at radius 1 is 1.29 bits per heavy atom. The summed E-state index contributed by atoms with van der Waals surface area (Å²) in [5.41, 5.74) is 7.45. The second-order valence-corrected chi connectivity index (χ2v) is 7.97. The lowest BCUT2D eigenvalue weighted by Gasteiger charge is -2.46. The minimum atomic E-state index is 0.312. The molecule has 0 bridgehead atoms. The van der Waals surface area contributed by atoms with Gasteiger partial charge >= 0.3 is 0 Å². The second-order valence-electron chi connectivity index (χ2n) is 6.26. The SMILES string of the molecule is CC1CN2CCCC2CN1C(CN)c1ccc(Br)c(Br)c1. The van der Waals surface area contributed by atoms with E-state index in [0.717, 1.165) is 21.5 Å². The molecule has 2 fully saturated rings. The molecule has 5 heteroatoms. The molecule has 0 aromatic heterocycles. The molecule has 0 aliphatic carbocycles. The van der Waals surface area contributed by atoms with Crippen molar-refractivity contribution in [3.05, 3.63) is 32.7 Å². The summed E-state index contributed by atoms with van der Waals surface area (Å²) in [5.74, 6) is 0. The van der Waals surface area contributed by atoms with E-state index in [1.54, 1.807) is 0 Å². The number of fused-ring (bicyclic) bond motifs is 1. The molecule has 21 heavy (non-hydrogen) atoms. The zero-order chi connectivity index (χ0) is 15.0. The van der Waals surface area contributed by atoms with E-state index in [2.05, 4.69) is 66.8 Å². The number of rotatable bonds is 3. The maximum absolute atomic E-state index is 6.14. The smallest absolute Gasteiger partial charge is 0.0474 e. The molecule has 1 aromatic carbocycles. The first-order valence-electron chi connectivity index (χ1n) is 7.75. The predicted molar refractivity (Wildman–Crippen MR) is 94.4 cm³/mol. The van der Waals surface area contributed by atoms with Gasteiger partial charge in [0.15, 0.2) is 0 Å². The number of benzene rings is 1. The number of nitrogens with zero attached hydrogens (tertiary/aromatic N) is 2. The highest BCUT2D eigenvalue weighted by atomic mass is 79.9. The van der Waals surface area contributed by atoms with Crippen molar-refractivity contribution in [2.45, 2.75) is 37.9 Å². The van der Waals surface area contributed by atoms with E-state index in [1.165, 1.54) is 31.5 Å². The van der Waals surface area contributed by atoms with Gasteiger partial charge in [0.25, 0.3) is 0 Å². The van der Waals surface area contributed by atoms with E-state index >= 15 is 0 Å². The monoisotopic (exact) mass is 415 g/mol. The Hall–Kier alpha value is 0.0600. The third-order valence-corrected chi connectivity index (χ3v) is 6.82. The van der Waals surface area contributed by atoms with Crippen LogP contribution in [-0.4, -0.2) is 48.1 Å². The van der Waals surface area contributed by atoms with Crippen LogP contribution < -0.4 is 5.73 Å². The summed E-state index contributed by atoms with van der Waals surface area (Å²) in [7, 11) is 0. The van der Waals surface area contributed by atoms with Crippen LogP contribution in [0.4, 0.5) is 0 Å². The average molecular weight is 417 g/mol. The van der Waals surface area contributed by atoms with Crippen LogP contribution >= 0.6 is 31.9 Å². The minimum Gasteiger partial charge on any atom is -0.329 e. The molecule has 2 aliphatic rings. The maximum Gasteiger partial charge on any atom is 0.0474 e. The summed E-state index contributed by atoms with van der Waals surface area (Å²) in [6.07, 6.45) is 2.69. The van der Waals surface area contributed by atoms with Crippen LogP contribution in [0, 0.1) is 0 Å². The van der Waals surface area contributed by atoms with Crippen molar-refractivity contribution in [3.8, 4) is 0 Å². The fourth-order valence-corrected chi connectivity index (χ4v) is 4.47. The third-order valence-electron chi connectivity index (χ3n) is 4.94. The van der Waals surface area contributed by atoms with Crippen molar-refractivity contribution < 1.29 is 0 Å². The van der Waals surface area contributed by atoms with E-state index in [0.29, 0.717) is 18.6 Å². The Morgan fingerprint density at radius 3 is 2.81 bits per heavy atom.